The maximum atomic E-state index is 12.5. The highest BCUT2D eigenvalue weighted by Crippen LogP contribution is 2.30. The normalized spacial score (nSPS) is 30.0. The highest BCUT2D eigenvalue weighted by molar-refractivity contribution is 7.74. The van der Waals surface area contributed by atoms with Gasteiger partial charge in [-0.2, -0.15) is 9.35 Å². The number of nitrogens with zero attached hydrogens (tertiary/aromatic N) is 5. The number of carbonyl (C=O) groups excluding carboxylic acids is 2. The first-order valence-corrected chi connectivity index (χ1v) is 10.4. The quantitative estimate of drug-likeness (QED) is 0.364. The predicted octanol–water partition coefficient (Wildman–Crippen LogP) is -1.70. The standard InChI is InChI=1S/C15H23N7O6S/c23-14(13-2-1-12-8-21(13)15(24)22(12)28-29(25)26)18-27-9-11-5-10(6-16-11)7-20-4-3-17-19-20/h3-4,10-13,16H,1-2,5-9H2,(H,18,23)(H,25,26)/p-1/t10-,11+,12?,13?/m0/s1. The summed E-state index contributed by atoms with van der Waals surface area (Å²) < 4.78 is 27.8. The number of fused-ring (bicyclic) bond motifs is 2. The van der Waals surface area contributed by atoms with Crippen molar-refractivity contribution in [3.8, 4) is 0 Å². The van der Waals surface area contributed by atoms with Gasteiger partial charge in [-0.15, -0.1) is 5.10 Å². The van der Waals surface area contributed by atoms with Gasteiger partial charge in [0.25, 0.3) is 5.91 Å². The fraction of sp³-hybridized carbons (Fsp3) is 0.733. The summed E-state index contributed by atoms with van der Waals surface area (Å²) in [5.74, 6) is -0.0323. The Hall–Kier alpha value is -2.13. The molecule has 0 saturated carbocycles. The molecule has 29 heavy (non-hydrogen) atoms. The number of rotatable bonds is 8. The molecule has 3 amide bonds. The molecule has 4 heterocycles. The number of hydrogen-bond donors (Lipinski definition) is 2. The van der Waals surface area contributed by atoms with E-state index in [0.717, 1.165) is 24.6 Å². The van der Waals surface area contributed by atoms with Crippen molar-refractivity contribution < 1.29 is 27.5 Å². The molecule has 14 heteroatoms. The summed E-state index contributed by atoms with van der Waals surface area (Å²) in [5.41, 5.74) is 2.42. The third kappa shape index (κ3) is 4.56. The molecule has 0 aromatic carbocycles. The zero-order chi connectivity index (χ0) is 20.4. The molecule has 3 saturated heterocycles. The molecule has 3 aliphatic rings. The van der Waals surface area contributed by atoms with Gasteiger partial charge in [0.15, 0.2) is 0 Å². The first-order valence-electron chi connectivity index (χ1n) is 9.38. The number of carbonyl (C=O) groups is 2. The summed E-state index contributed by atoms with van der Waals surface area (Å²) in [4.78, 5) is 31.4. The minimum atomic E-state index is -2.84. The van der Waals surface area contributed by atoms with E-state index in [9.17, 15) is 18.4 Å². The second-order valence-corrected chi connectivity index (χ2v) is 7.95. The van der Waals surface area contributed by atoms with Crippen LogP contribution >= 0.6 is 0 Å². The Morgan fingerprint density at radius 2 is 2.31 bits per heavy atom. The summed E-state index contributed by atoms with van der Waals surface area (Å²) >= 11 is -2.84. The maximum Gasteiger partial charge on any atom is 0.346 e. The van der Waals surface area contributed by atoms with Crippen LogP contribution in [0.1, 0.15) is 19.3 Å². The molecule has 0 radical (unpaired) electrons. The van der Waals surface area contributed by atoms with Gasteiger partial charge in [-0.25, -0.2) is 14.5 Å². The predicted molar refractivity (Wildman–Crippen MR) is 94.8 cm³/mol. The molecule has 2 N–H and O–H groups in total. The second-order valence-electron chi connectivity index (χ2n) is 7.40. The van der Waals surface area contributed by atoms with E-state index < -0.39 is 29.3 Å². The molecule has 2 bridgehead atoms. The average molecular weight is 428 g/mol. The van der Waals surface area contributed by atoms with Crippen molar-refractivity contribution in [2.24, 2.45) is 5.92 Å². The molecular weight excluding hydrogens is 406 g/mol. The molecule has 0 aliphatic carbocycles. The molecule has 3 fully saturated rings. The Morgan fingerprint density at radius 3 is 3.07 bits per heavy atom. The van der Waals surface area contributed by atoms with Crippen LogP contribution in [0.15, 0.2) is 12.4 Å². The molecular formula is C15H22N7O6S-. The van der Waals surface area contributed by atoms with Crippen LogP contribution in [0.4, 0.5) is 4.79 Å². The van der Waals surface area contributed by atoms with Gasteiger partial charge in [0, 0.05) is 31.9 Å². The molecule has 1 aromatic rings. The minimum absolute atomic E-state index is 0.101. The Labute approximate surface area is 169 Å². The van der Waals surface area contributed by atoms with Crippen LogP contribution in [0.5, 0.6) is 0 Å². The summed E-state index contributed by atoms with van der Waals surface area (Å²) in [6.45, 7) is 2.13. The van der Waals surface area contributed by atoms with Gasteiger partial charge in [-0.05, 0) is 25.2 Å². The molecule has 0 spiro atoms. The van der Waals surface area contributed by atoms with Crippen LogP contribution in [0.25, 0.3) is 0 Å². The van der Waals surface area contributed by atoms with Crippen LogP contribution in [0, 0.1) is 5.92 Å². The zero-order valence-electron chi connectivity index (χ0n) is 15.5. The lowest BCUT2D eigenvalue weighted by atomic mass is 10.0. The van der Waals surface area contributed by atoms with E-state index in [-0.39, 0.29) is 18.6 Å². The average Bonchev–Trinajstić information content (AvgIpc) is 3.41. The van der Waals surface area contributed by atoms with Crippen molar-refractivity contribution in [3.05, 3.63) is 12.4 Å². The Kier molecular flexibility index (Phi) is 6.05. The molecule has 3 aliphatic heterocycles. The van der Waals surface area contributed by atoms with E-state index in [2.05, 4.69) is 25.4 Å². The smallest absolute Gasteiger partial charge is 0.346 e. The Balaban J connectivity index is 1.20. The number of urea groups is 1. The third-order valence-electron chi connectivity index (χ3n) is 5.45. The van der Waals surface area contributed by atoms with E-state index in [1.54, 1.807) is 10.9 Å². The lowest BCUT2D eigenvalue weighted by molar-refractivity contribution is -0.139. The SMILES string of the molecule is O=C(NOC[C@H]1C[C@H](Cn2ccnn2)CN1)C1CCC2CN1C(=O)N2OS(=O)[O-]. The molecule has 5 atom stereocenters. The number of piperidine rings is 1. The highest BCUT2D eigenvalue weighted by atomic mass is 32.2. The number of amides is 3. The van der Waals surface area contributed by atoms with Crippen LogP contribution in [-0.4, -0.2) is 83.5 Å². The minimum Gasteiger partial charge on any atom is -0.748 e. The van der Waals surface area contributed by atoms with Gasteiger partial charge in [-0.3, -0.25) is 14.3 Å². The lowest BCUT2D eigenvalue weighted by Gasteiger charge is -2.29. The van der Waals surface area contributed by atoms with E-state index in [0.29, 0.717) is 25.4 Å². The molecule has 13 nitrogen and oxygen atoms in total. The second kappa shape index (κ2) is 8.71. The first-order chi connectivity index (χ1) is 14.0. The molecule has 4 rings (SSSR count). The van der Waals surface area contributed by atoms with E-state index >= 15 is 0 Å². The van der Waals surface area contributed by atoms with E-state index in [4.69, 9.17) is 4.84 Å². The topological polar surface area (TPSA) is 154 Å². The third-order valence-corrected chi connectivity index (χ3v) is 5.74. The van der Waals surface area contributed by atoms with Crippen LogP contribution in [0.2, 0.25) is 0 Å². The Bertz CT molecular complexity index is 764. The van der Waals surface area contributed by atoms with E-state index in [1.807, 2.05) is 6.20 Å². The molecule has 1 aromatic heterocycles. The summed E-state index contributed by atoms with van der Waals surface area (Å²) in [6.07, 6.45) is 5.20. The number of aromatic nitrogens is 3. The monoisotopic (exact) mass is 428 g/mol. The van der Waals surface area contributed by atoms with Crippen LogP contribution < -0.4 is 10.8 Å². The van der Waals surface area contributed by atoms with Crippen LogP contribution in [0.3, 0.4) is 0 Å². The van der Waals surface area contributed by atoms with Gasteiger partial charge < -0.3 is 14.8 Å². The molecule has 3 unspecified atom stereocenters. The summed E-state index contributed by atoms with van der Waals surface area (Å²) in [7, 11) is 0. The van der Waals surface area contributed by atoms with E-state index in [1.165, 1.54) is 4.90 Å². The van der Waals surface area contributed by atoms with Crippen molar-refractivity contribution in [1.82, 2.24) is 35.8 Å². The molecule has 160 valence electrons. The van der Waals surface area contributed by atoms with Crippen molar-refractivity contribution >= 4 is 23.3 Å². The number of hydrogen-bond acceptors (Lipinski definition) is 9. The van der Waals surface area contributed by atoms with Crippen molar-refractivity contribution in [2.45, 2.75) is 43.9 Å². The van der Waals surface area contributed by atoms with Gasteiger partial charge in [0.1, 0.15) is 17.4 Å². The first kappa shape index (κ1) is 20.2. The van der Waals surface area contributed by atoms with Gasteiger partial charge in [-0.1, -0.05) is 5.21 Å². The number of hydroxylamine groups is 3. The van der Waals surface area contributed by atoms with Crippen molar-refractivity contribution in [2.75, 3.05) is 19.7 Å². The van der Waals surface area contributed by atoms with Crippen molar-refractivity contribution in [1.29, 1.82) is 0 Å². The number of nitrogens with one attached hydrogen (secondary N) is 2. The van der Waals surface area contributed by atoms with Crippen molar-refractivity contribution in [3.63, 3.8) is 0 Å². The van der Waals surface area contributed by atoms with Gasteiger partial charge >= 0.3 is 6.03 Å². The largest absolute Gasteiger partial charge is 0.748 e. The summed E-state index contributed by atoms with van der Waals surface area (Å²) in [6, 6.07) is -1.63. The zero-order valence-corrected chi connectivity index (χ0v) is 16.3. The maximum absolute atomic E-state index is 12.5. The fourth-order valence-electron chi connectivity index (χ4n) is 4.11. The Morgan fingerprint density at radius 1 is 1.45 bits per heavy atom. The fourth-order valence-corrected chi connectivity index (χ4v) is 4.43. The van der Waals surface area contributed by atoms with Gasteiger partial charge in [0.05, 0.1) is 18.8 Å². The lowest BCUT2D eigenvalue weighted by Crippen LogP contribution is -2.50. The highest BCUT2D eigenvalue weighted by Gasteiger charge is 2.48. The van der Waals surface area contributed by atoms with Crippen LogP contribution in [-0.2, 0) is 31.8 Å². The van der Waals surface area contributed by atoms with Gasteiger partial charge in [0.2, 0.25) is 0 Å². The summed E-state index contributed by atoms with van der Waals surface area (Å²) in [5, 5.41) is 11.9.